The van der Waals surface area contributed by atoms with Crippen LogP contribution in [-0.2, 0) is 6.42 Å². The lowest BCUT2D eigenvalue weighted by Gasteiger charge is -2.24. The van der Waals surface area contributed by atoms with E-state index in [0.717, 1.165) is 57.8 Å². The number of aliphatic hydroxyl groups excluding tert-OH is 2. The summed E-state index contributed by atoms with van der Waals surface area (Å²) in [7, 11) is 0. The summed E-state index contributed by atoms with van der Waals surface area (Å²) in [5.74, 6) is 1.31. The monoisotopic (exact) mass is 440 g/mol. The molecule has 4 aliphatic rings. The lowest BCUT2D eigenvalue weighted by molar-refractivity contribution is 0.123. The van der Waals surface area contributed by atoms with Gasteiger partial charge in [-0.15, -0.1) is 22.7 Å². The fraction of sp³-hybridized carbons (Fsp3) is 0.615. The zero-order valence-electron chi connectivity index (χ0n) is 17.7. The van der Waals surface area contributed by atoms with Gasteiger partial charge in [-0.05, 0) is 117 Å². The van der Waals surface area contributed by atoms with Crippen LogP contribution in [-0.4, -0.2) is 22.4 Å². The molecule has 4 heteroatoms. The van der Waals surface area contributed by atoms with Crippen LogP contribution in [0.1, 0.15) is 113 Å². The summed E-state index contributed by atoms with van der Waals surface area (Å²) < 4.78 is 0. The first kappa shape index (κ1) is 19.7. The summed E-state index contributed by atoms with van der Waals surface area (Å²) >= 11 is 4.14. The van der Waals surface area contributed by atoms with Gasteiger partial charge in [0.15, 0.2) is 0 Å². The maximum absolute atomic E-state index is 9.91. The fourth-order valence-electron chi connectivity index (χ4n) is 6.28. The smallest absolute Gasteiger partial charge is 0.0540 e. The second kappa shape index (κ2) is 7.88. The van der Waals surface area contributed by atoms with Crippen LogP contribution in [0.15, 0.2) is 12.1 Å². The third-order valence-electron chi connectivity index (χ3n) is 8.04. The number of aliphatic hydroxyl groups is 2. The number of hydrogen-bond acceptors (Lipinski definition) is 4. The molecule has 30 heavy (non-hydrogen) atoms. The van der Waals surface area contributed by atoms with Gasteiger partial charge in [-0.25, -0.2) is 0 Å². The molecule has 6 rings (SSSR count). The van der Waals surface area contributed by atoms with Gasteiger partial charge in [0.2, 0.25) is 0 Å². The Morgan fingerprint density at radius 3 is 1.50 bits per heavy atom. The summed E-state index contributed by atoms with van der Waals surface area (Å²) in [6.45, 7) is 0. The van der Waals surface area contributed by atoms with Crippen molar-refractivity contribution < 1.29 is 10.2 Å². The standard InChI is InChI=1S/C26H32O2S2/c27-17-8-4-15(5-9-17)23-12-21-19-2-1-3-20(19)22-13-24(16-6-10-18(28)11-7-16)30-26(22)14-25(21)29-23/h12-13,15-18,27-28H,1-11,14H2. The molecule has 2 fully saturated rings. The maximum atomic E-state index is 9.91. The Morgan fingerprint density at radius 2 is 1.07 bits per heavy atom. The molecule has 4 aliphatic carbocycles. The van der Waals surface area contributed by atoms with Crippen LogP contribution < -0.4 is 0 Å². The number of fused-ring (bicyclic) bond motifs is 4. The maximum Gasteiger partial charge on any atom is 0.0540 e. The molecular weight excluding hydrogens is 408 g/mol. The summed E-state index contributed by atoms with van der Waals surface area (Å²) in [5.41, 5.74) is 6.43. The Hall–Kier alpha value is -0.940. The van der Waals surface area contributed by atoms with Gasteiger partial charge in [0.05, 0.1) is 12.2 Å². The first-order valence-corrected chi connectivity index (χ1v) is 13.6. The minimum Gasteiger partial charge on any atom is -0.393 e. The Bertz CT molecular complexity index is 889. The Kier molecular flexibility index (Phi) is 5.18. The van der Waals surface area contributed by atoms with Crippen LogP contribution in [0.25, 0.3) is 11.1 Å². The van der Waals surface area contributed by atoms with Crippen LogP contribution in [0.3, 0.4) is 0 Å². The number of rotatable bonds is 2. The van der Waals surface area contributed by atoms with Gasteiger partial charge < -0.3 is 10.2 Å². The van der Waals surface area contributed by atoms with E-state index in [1.54, 1.807) is 41.8 Å². The zero-order valence-corrected chi connectivity index (χ0v) is 19.3. The third-order valence-corrected chi connectivity index (χ3v) is 10.6. The van der Waals surface area contributed by atoms with Gasteiger partial charge in [0, 0.05) is 25.9 Å². The van der Waals surface area contributed by atoms with Crippen molar-refractivity contribution in [3.8, 4) is 0 Å². The van der Waals surface area contributed by atoms with E-state index in [0.29, 0.717) is 11.8 Å². The van der Waals surface area contributed by atoms with E-state index >= 15 is 0 Å². The largest absolute Gasteiger partial charge is 0.393 e. The Morgan fingerprint density at radius 1 is 0.633 bits per heavy atom. The molecule has 0 saturated heterocycles. The highest BCUT2D eigenvalue weighted by atomic mass is 32.1. The van der Waals surface area contributed by atoms with E-state index in [4.69, 9.17) is 0 Å². The number of allylic oxidation sites excluding steroid dienone is 2. The van der Waals surface area contributed by atoms with E-state index in [2.05, 4.69) is 34.8 Å². The van der Waals surface area contributed by atoms with Gasteiger partial charge >= 0.3 is 0 Å². The molecule has 0 spiro atoms. The Labute approximate surface area is 187 Å². The lowest BCUT2D eigenvalue weighted by Crippen LogP contribution is -2.16. The number of thiophene rings is 2. The van der Waals surface area contributed by atoms with Crippen molar-refractivity contribution in [3.63, 3.8) is 0 Å². The molecule has 0 radical (unpaired) electrons. The van der Waals surface area contributed by atoms with Crippen LogP contribution >= 0.6 is 22.7 Å². The van der Waals surface area contributed by atoms with E-state index < -0.39 is 0 Å². The molecule has 0 atom stereocenters. The lowest BCUT2D eigenvalue weighted by atomic mass is 9.86. The predicted molar refractivity (Wildman–Crippen MR) is 127 cm³/mol. The molecule has 2 aromatic rings. The van der Waals surface area contributed by atoms with Crippen molar-refractivity contribution >= 4 is 33.8 Å². The molecule has 0 unspecified atom stereocenters. The molecule has 0 amide bonds. The van der Waals surface area contributed by atoms with Crippen LogP contribution in [0.2, 0.25) is 0 Å². The minimum absolute atomic E-state index is 0.0730. The van der Waals surface area contributed by atoms with E-state index in [1.807, 2.05) is 0 Å². The molecule has 2 saturated carbocycles. The van der Waals surface area contributed by atoms with E-state index in [9.17, 15) is 10.2 Å². The molecule has 160 valence electrons. The number of hydrogen-bond donors (Lipinski definition) is 2. The highest BCUT2D eigenvalue weighted by Gasteiger charge is 2.32. The first-order chi connectivity index (χ1) is 14.7. The highest BCUT2D eigenvalue weighted by Crippen LogP contribution is 2.51. The van der Waals surface area contributed by atoms with Gasteiger partial charge in [-0.1, -0.05) is 0 Å². The quantitative estimate of drug-likeness (QED) is 0.536. The molecule has 2 N–H and O–H groups in total. The average molecular weight is 441 g/mol. The van der Waals surface area contributed by atoms with Crippen LogP contribution in [0.4, 0.5) is 0 Å². The van der Waals surface area contributed by atoms with Crippen LogP contribution in [0, 0.1) is 0 Å². The van der Waals surface area contributed by atoms with Gasteiger partial charge in [0.1, 0.15) is 0 Å². The highest BCUT2D eigenvalue weighted by molar-refractivity contribution is 7.14. The van der Waals surface area contributed by atoms with Gasteiger partial charge in [-0.3, -0.25) is 0 Å². The van der Waals surface area contributed by atoms with E-state index in [-0.39, 0.29) is 12.2 Å². The summed E-state index contributed by atoms with van der Waals surface area (Å²) in [5, 5.41) is 19.8. The van der Waals surface area contributed by atoms with Crippen molar-refractivity contribution in [2.24, 2.45) is 0 Å². The summed E-state index contributed by atoms with van der Waals surface area (Å²) in [6.07, 6.45) is 13.2. The molecule has 2 heterocycles. The topological polar surface area (TPSA) is 40.5 Å². The van der Waals surface area contributed by atoms with Gasteiger partial charge in [0.25, 0.3) is 0 Å². The first-order valence-electron chi connectivity index (χ1n) is 12.0. The SMILES string of the molecule is OC1CCC(c2cc3c(s2)Cc2sc(C4CCC(O)CC4)cc2C2=C3CCC2)CC1. The van der Waals surface area contributed by atoms with Crippen molar-refractivity contribution in [3.05, 3.63) is 42.8 Å². The second-order valence-electron chi connectivity index (χ2n) is 9.97. The summed E-state index contributed by atoms with van der Waals surface area (Å²) in [4.78, 5) is 6.34. The molecule has 0 aliphatic heterocycles. The molecular formula is C26H32O2S2. The minimum atomic E-state index is -0.0730. The van der Waals surface area contributed by atoms with Crippen molar-refractivity contribution in [1.82, 2.24) is 0 Å². The Balaban J connectivity index is 1.34. The van der Waals surface area contributed by atoms with Crippen molar-refractivity contribution in [2.75, 3.05) is 0 Å². The second-order valence-corrected chi connectivity index (χ2v) is 12.3. The molecule has 2 aromatic heterocycles. The third kappa shape index (κ3) is 3.44. The predicted octanol–water partition coefficient (Wildman–Crippen LogP) is 6.85. The van der Waals surface area contributed by atoms with Crippen LogP contribution in [0.5, 0.6) is 0 Å². The normalized spacial score (nSPS) is 31.3. The average Bonchev–Trinajstić information content (AvgIpc) is 3.46. The van der Waals surface area contributed by atoms with Gasteiger partial charge in [-0.2, -0.15) is 0 Å². The van der Waals surface area contributed by atoms with Crippen molar-refractivity contribution in [1.29, 1.82) is 0 Å². The molecule has 0 bridgehead atoms. The van der Waals surface area contributed by atoms with E-state index in [1.165, 1.54) is 19.3 Å². The molecule has 0 aromatic carbocycles. The zero-order chi connectivity index (χ0) is 20.2. The van der Waals surface area contributed by atoms with Crippen molar-refractivity contribution in [2.45, 2.75) is 101 Å². The molecule has 2 nitrogen and oxygen atoms in total. The fourth-order valence-corrected chi connectivity index (χ4v) is 9.12. The summed E-state index contributed by atoms with van der Waals surface area (Å²) in [6, 6.07) is 5.09.